The van der Waals surface area contributed by atoms with E-state index in [1.807, 2.05) is 14.0 Å². The zero-order valence-corrected chi connectivity index (χ0v) is 17.6. The van der Waals surface area contributed by atoms with Gasteiger partial charge in [0, 0.05) is 6.54 Å². The van der Waals surface area contributed by atoms with Gasteiger partial charge >= 0.3 is 5.97 Å². The molecular weight excluding hydrogens is 374 g/mol. The van der Waals surface area contributed by atoms with Crippen LogP contribution in [0.5, 0.6) is 0 Å². The molecule has 0 bridgehead atoms. The van der Waals surface area contributed by atoms with E-state index < -0.39 is 5.97 Å². The SMILES string of the molecule is CCOC(=O)c1sc2nc(C(C)N(C)Cc3ccc(C)cc3)[nH]c(=O)c2c1C. The zero-order valence-electron chi connectivity index (χ0n) is 16.8. The minimum atomic E-state index is -0.409. The molecule has 1 aromatic carbocycles. The van der Waals surface area contributed by atoms with Crippen molar-refractivity contribution in [1.82, 2.24) is 14.9 Å². The van der Waals surface area contributed by atoms with Crippen molar-refractivity contribution in [3.05, 3.63) is 62.0 Å². The van der Waals surface area contributed by atoms with E-state index >= 15 is 0 Å². The molecule has 2 aromatic heterocycles. The van der Waals surface area contributed by atoms with Crippen molar-refractivity contribution in [1.29, 1.82) is 0 Å². The monoisotopic (exact) mass is 399 g/mol. The van der Waals surface area contributed by atoms with Crippen LogP contribution < -0.4 is 5.56 Å². The van der Waals surface area contributed by atoms with Crippen molar-refractivity contribution in [2.45, 2.75) is 40.3 Å². The van der Waals surface area contributed by atoms with Crippen molar-refractivity contribution < 1.29 is 9.53 Å². The first-order chi connectivity index (χ1) is 13.3. The Balaban J connectivity index is 1.91. The summed E-state index contributed by atoms with van der Waals surface area (Å²) >= 11 is 1.21. The minimum absolute atomic E-state index is 0.0909. The molecule has 0 amide bonds. The van der Waals surface area contributed by atoms with Crippen LogP contribution in [0.1, 0.15) is 52.1 Å². The number of hydrogen-bond donors (Lipinski definition) is 1. The van der Waals surface area contributed by atoms with Gasteiger partial charge in [-0.15, -0.1) is 11.3 Å². The number of esters is 1. The van der Waals surface area contributed by atoms with Crippen LogP contribution in [0.4, 0.5) is 0 Å². The summed E-state index contributed by atoms with van der Waals surface area (Å²) < 4.78 is 5.09. The Kier molecular flexibility index (Phi) is 5.96. The highest BCUT2D eigenvalue weighted by Crippen LogP contribution is 2.29. The molecule has 1 unspecified atom stereocenters. The van der Waals surface area contributed by atoms with Gasteiger partial charge in [-0.3, -0.25) is 9.69 Å². The Bertz CT molecular complexity index is 1050. The fraction of sp³-hybridized carbons (Fsp3) is 0.381. The highest BCUT2D eigenvalue weighted by Gasteiger charge is 2.22. The standard InChI is InChI=1S/C21H25N3O3S/c1-6-27-21(26)17-13(3)16-19(25)22-18(23-20(16)28-17)14(4)24(5)11-15-9-7-12(2)8-10-15/h7-10,14H,6,11H2,1-5H3,(H,22,23,25). The molecule has 1 N–H and O–H groups in total. The number of thiophene rings is 1. The fourth-order valence-electron chi connectivity index (χ4n) is 3.08. The molecule has 0 aliphatic heterocycles. The summed E-state index contributed by atoms with van der Waals surface area (Å²) in [6.07, 6.45) is 0. The van der Waals surface area contributed by atoms with E-state index in [4.69, 9.17) is 4.74 Å². The van der Waals surface area contributed by atoms with E-state index in [2.05, 4.69) is 46.1 Å². The number of carbonyl (C=O) groups is 1. The number of benzene rings is 1. The Morgan fingerprint density at radius 1 is 1.29 bits per heavy atom. The van der Waals surface area contributed by atoms with Crippen LogP contribution >= 0.6 is 11.3 Å². The van der Waals surface area contributed by atoms with Gasteiger partial charge in [0.05, 0.1) is 18.0 Å². The van der Waals surface area contributed by atoms with Gasteiger partial charge in [-0.2, -0.15) is 0 Å². The van der Waals surface area contributed by atoms with Crippen molar-refractivity contribution in [3.63, 3.8) is 0 Å². The van der Waals surface area contributed by atoms with Gasteiger partial charge in [0.25, 0.3) is 5.56 Å². The van der Waals surface area contributed by atoms with Crippen molar-refractivity contribution in [2.75, 3.05) is 13.7 Å². The lowest BCUT2D eigenvalue weighted by molar-refractivity contribution is 0.0531. The maximum atomic E-state index is 12.7. The number of rotatable bonds is 6. The molecule has 1 atom stereocenters. The molecular formula is C21H25N3O3S. The van der Waals surface area contributed by atoms with E-state index in [1.54, 1.807) is 13.8 Å². The average Bonchev–Trinajstić information content (AvgIpc) is 3.00. The summed E-state index contributed by atoms with van der Waals surface area (Å²) in [6.45, 7) is 8.62. The number of nitrogens with one attached hydrogen (secondary N) is 1. The second kappa shape index (κ2) is 8.24. The third-order valence-corrected chi connectivity index (χ3v) is 6.05. The van der Waals surface area contributed by atoms with Crippen LogP contribution in [-0.2, 0) is 11.3 Å². The van der Waals surface area contributed by atoms with Crippen molar-refractivity contribution >= 4 is 27.5 Å². The Hall–Kier alpha value is -2.51. The number of ether oxygens (including phenoxy) is 1. The zero-order chi connectivity index (χ0) is 20.4. The Morgan fingerprint density at radius 2 is 1.96 bits per heavy atom. The molecule has 2 heterocycles. The summed E-state index contributed by atoms with van der Waals surface area (Å²) in [4.78, 5) is 35.5. The lowest BCUT2D eigenvalue weighted by Crippen LogP contribution is -2.25. The van der Waals surface area contributed by atoms with Crippen molar-refractivity contribution in [3.8, 4) is 0 Å². The van der Waals surface area contributed by atoms with Crippen LogP contribution in [-0.4, -0.2) is 34.5 Å². The summed E-state index contributed by atoms with van der Waals surface area (Å²) in [5, 5.41) is 0.463. The quantitative estimate of drug-likeness (QED) is 0.635. The van der Waals surface area contributed by atoms with E-state index in [0.29, 0.717) is 33.1 Å². The molecule has 0 fully saturated rings. The van der Waals surface area contributed by atoms with E-state index in [1.165, 1.54) is 22.5 Å². The van der Waals surface area contributed by atoms with Crippen LogP contribution in [0.15, 0.2) is 29.1 Å². The third-order valence-electron chi connectivity index (χ3n) is 4.89. The van der Waals surface area contributed by atoms with Crippen LogP contribution in [0.3, 0.4) is 0 Å². The lowest BCUT2D eigenvalue weighted by Gasteiger charge is -2.24. The van der Waals surface area contributed by atoms with E-state index in [-0.39, 0.29) is 11.6 Å². The first-order valence-electron chi connectivity index (χ1n) is 9.28. The predicted octanol–water partition coefficient (Wildman–Crippen LogP) is 3.97. The van der Waals surface area contributed by atoms with Gasteiger partial charge in [0.1, 0.15) is 15.5 Å². The fourth-order valence-corrected chi connectivity index (χ4v) is 4.16. The number of aromatic amines is 1. The maximum Gasteiger partial charge on any atom is 0.348 e. The van der Waals surface area contributed by atoms with Gasteiger partial charge in [0.15, 0.2) is 0 Å². The van der Waals surface area contributed by atoms with Crippen LogP contribution in [0, 0.1) is 13.8 Å². The first-order valence-corrected chi connectivity index (χ1v) is 10.1. The van der Waals surface area contributed by atoms with Crippen molar-refractivity contribution in [2.24, 2.45) is 0 Å². The summed E-state index contributed by atoms with van der Waals surface area (Å²) in [6, 6.07) is 8.29. The number of aryl methyl sites for hydroxylation is 2. The molecule has 0 aliphatic carbocycles. The molecule has 6 nitrogen and oxygen atoms in total. The van der Waals surface area contributed by atoms with Crippen LogP contribution in [0.25, 0.3) is 10.2 Å². The highest BCUT2D eigenvalue weighted by atomic mass is 32.1. The largest absolute Gasteiger partial charge is 0.462 e. The number of H-pyrrole nitrogens is 1. The third kappa shape index (κ3) is 4.00. The maximum absolute atomic E-state index is 12.7. The predicted molar refractivity (Wildman–Crippen MR) is 112 cm³/mol. The second-order valence-electron chi connectivity index (χ2n) is 6.98. The van der Waals surface area contributed by atoms with E-state index in [9.17, 15) is 9.59 Å². The molecule has 7 heteroatoms. The van der Waals surface area contributed by atoms with Gasteiger partial charge in [-0.05, 0) is 45.9 Å². The molecule has 3 aromatic rings. The number of aromatic nitrogens is 2. The smallest absolute Gasteiger partial charge is 0.348 e. The van der Waals surface area contributed by atoms with Gasteiger partial charge < -0.3 is 9.72 Å². The second-order valence-corrected chi connectivity index (χ2v) is 7.98. The van der Waals surface area contributed by atoms with Crippen LogP contribution in [0.2, 0.25) is 0 Å². The highest BCUT2D eigenvalue weighted by molar-refractivity contribution is 7.20. The molecule has 28 heavy (non-hydrogen) atoms. The van der Waals surface area contributed by atoms with Gasteiger partial charge in [-0.1, -0.05) is 29.8 Å². The molecule has 0 saturated carbocycles. The number of carbonyl (C=O) groups excluding carboxylic acids is 1. The Morgan fingerprint density at radius 3 is 2.61 bits per heavy atom. The number of nitrogens with zero attached hydrogens (tertiary/aromatic N) is 2. The molecule has 0 aliphatic rings. The molecule has 3 rings (SSSR count). The molecule has 0 radical (unpaired) electrons. The first kappa shape index (κ1) is 20.2. The van der Waals surface area contributed by atoms with E-state index in [0.717, 1.165) is 6.54 Å². The number of hydrogen-bond acceptors (Lipinski definition) is 6. The minimum Gasteiger partial charge on any atom is -0.462 e. The summed E-state index contributed by atoms with van der Waals surface area (Å²) in [7, 11) is 2.00. The summed E-state index contributed by atoms with van der Waals surface area (Å²) in [5.41, 5.74) is 2.82. The summed E-state index contributed by atoms with van der Waals surface area (Å²) in [5.74, 6) is 0.178. The lowest BCUT2D eigenvalue weighted by atomic mass is 10.1. The molecule has 0 spiro atoms. The molecule has 0 saturated heterocycles. The van der Waals surface area contributed by atoms with Gasteiger partial charge in [0.2, 0.25) is 0 Å². The Labute approximate surface area is 168 Å². The normalized spacial score (nSPS) is 12.5. The topological polar surface area (TPSA) is 75.3 Å². The molecule has 148 valence electrons. The number of fused-ring (bicyclic) bond motifs is 1. The van der Waals surface area contributed by atoms with Gasteiger partial charge in [-0.25, -0.2) is 9.78 Å². The average molecular weight is 400 g/mol.